The maximum atomic E-state index is 11.0. The molecule has 1 aromatic carbocycles. The molecule has 0 amide bonds. The lowest BCUT2D eigenvalue weighted by atomic mass is 10.2. The van der Waals surface area contributed by atoms with Crippen LogP contribution in [0.5, 0.6) is 5.75 Å². The second-order valence-electron chi connectivity index (χ2n) is 3.84. The molecule has 0 saturated heterocycles. The summed E-state index contributed by atoms with van der Waals surface area (Å²) in [5, 5.41) is 0.939. The number of nitrogens with two attached hydrogens (primary N) is 1. The number of nitrogen functional groups attached to an aromatic ring is 1. The van der Waals surface area contributed by atoms with Crippen LogP contribution in [-0.4, -0.2) is 24.7 Å². The monoisotopic (exact) mass is 261 g/mol. The number of nitrogens with one attached hydrogen (secondary N) is 1. The Morgan fingerprint density at radius 1 is 1.37 bits per heavy atom. The number of carbonyl (C=O) groups excluding carboxylic acids is 1. The van der Waals surface area contributed by atoms with Crippen LogP contribution in [0.2, 0.25) is 0 Å². The normalized spacial score (nSPS) is 10.2. The van der Waals surface area contributed by atoms with Gasteiger partial charge in [-0.05, 0) is 18.2 Å². The number of hydrogen-bond donors (Lipinski definition) is 2. The first kappa shape index (κ1) is 13.1. The molecule has 2 rings (SSSR count). The zero-order valence-corrected chi connectivity index (χ0v) is 10.6. The Labute approximate surface area is 110 Å². The Morgan fingerprint density at radius 3 is 2.95 bits per heavy atom. The van der Waals surface area contributed by atoms with Crippen LogP contribution >= 0.6 is 0 Å². The van der Waals surface area contributed by atoms with Crippen molar-refractivity contribution in [1.29, 1.82) is 0 Å². The van der Waals surface area contributed by atoms with Crippen LogP contribution < -0.4 is 16.0 Å². The summed E-state index contributed by atoms with van der Waals surface area (Å²) in [5.74, 6) is 6.19. The van der Waals surface area contributed by atoms with Gasteiger partial charge in [-0.2, -0.15) is 0 Å². The molecule has 1 heterocycles. The molecule has 0 atom stereocenters. The molecule has 0 radical (unpaired) electrons. The van der Waals surface area contributed by atoms with Crippen molar-refractivity contribution >= 4 is 22.7 Å². The number of para-hydroxylation sites is 1. The highest BCUT2D eigenvalue weighted by molar-refractivity contribution is 5.85. The first-order valence-electron chi connectivity index (χ1n) is 5.80. The Hall–Kier alpha value is -2.34. The third-order valence-corrected chi connectivity index (χ3v) is 2.62. The third-order valence-electron chi connectivity index (χ3n) is 2.62. The zero-order valence-electron chi connectivity index (χ0n) is 10.6. The maximum absolute atomic E-state index is 11.0. The topological polar surface area (TPSA) is 86.5 Å². The van der Waals surface area contributed by atoms with Gasteiger partial charge in [-0.25, -0.2) is 10.8 Å². The van der Waals surface area contributed by atoms with Gasteiger partial charge in [-0.3, -0.25) is 4.79 Å². The quantitative estimate of drug-likeness (QED) is 0.481. The molecule has 0 bridgehead atoms. The second-order valence-corrected chi connectivity index (χ2v) is 3.84. The minimum Gasteiger partial charge on any atom is -0.491 e. The molecule has 0 aliphatic heterocycles. The lowest BCUT2D eigenvalue weighted by Gasteiger charge is -2.09. The van der Waals surface area contributed by atoms with E-state index in [0.29, 0.717) is 17.1 Å². The molecule has 0 fully saturated rings. The molecule has 3 N–H and O–H groups in total. The molecule has 6 nitrogen and oxygen atoms in total. The van der Waals surface area contributed by atoms with Gasteiger partial charge in [0.05, 0.1) is 20.1 Å². The molecule has 19 heavy (non-hydrogen) atoms. The average molecular weight is 261 g/mol. The van der Waals surface area contributed by atoms with Crippen molar-refractivity contribution in [3.63, 3.8) is 0 Å². The third kappa shape index (κ3) is 3.11. The van der Waals surface area contributed by atoms with Crippen molar-refractivity contribution < 1.29 is 14.3 Å². The number of fused-ring (bicyclic) bond motifs is 1. The van der Waals surface area contributed by atoms with E-state index in [1.807, 2.05) is 18.2 Å². The highest BCUT2D eigenvalue weighted by atomic mass is 16.5. The number of carbonyl (C=O) groups is 1. The highest BCUT2D eigenvalue weighted by Gasteiger charge is 2.06. The van der Waals surface area contributed by atoms with Gasteiger partial charge in [0.2, 0.25) is 0 Å². The summed E-state index contributed by atoms with van der Waals surface area (Å²) in [6.07, 6.45) is 0.196. The van der Waals surface area contributed by atoms with Gasteiger partial charge in [0.15, 0.2) is 0 Å². The number of hydrogen-bond acceptors (Lipinski definition) is 6. The van der Waals surface area contributed by atoms with E-state index < -0.39 is 0 Å². The van der Waals surface area contributed by atoms with Crippen LogP contribution in [-0.2, 0) is 9.53 Å². The maximum Gasteiger partial charge on any atom is 0.308 e. The Morgan fingerprint density at radius 2 is 2.21 bits per heavy atom. The number of ether oxygens (including phenoxy) is 2. The first-order valence-corrected chi connectivity index (χ1v) is 5.80. The van der Waals surface area contributed by atoms with Crippen molar-refractivity contribution in [3.05, 3.63) is 30.3 Å². The number of benzene rings is 1. The fourth-order valence-electron chi connectivity index (χ4n) is 1.66. The van der Waals surface area contributed by atoms with E-state index in [-0.39, 0.29) is 19.0 Å². The van der Waals surface area contributed by atoms with Crippen LogP contribution in [0.1, 0.15) is 6.42 Å². The van der Waals surface area contributed by atoms with Crippen molar-refractivity contribution in [2.24, 2.45) is 5.84 Å². The SMILES string of the molecule is COC(=O)CCOc1cccc2ccc(NN)nc12. The average Bonchev–Trinajstić information content (AvgIpc) is 2.46. The van der Waals surface area contributed by atoms with Gasteiger partial charge >= 0.3 is 5.97 Å². The van der Waals surface area contributed by atoms with E-state index in [9.17, 15) is 4.79 Å². The van der Waals surface area contributed by atoms with Crippen molar-refractivity contribution in [1.82, 2.24) is 4.98 Å². The summed E-state index contributed by atoms with van der Waals surface area (Å²) in [5.41, 5.74) is 3.19. The minimum atomic E-state index is -0.308. The van der Waals surface area contributed by atoms with Crippen LogP contribution in [0.25, 0.3) is 10.9 Å². The molecule has 1 aromatic heterocycles. The Bertz CT molecular complexity index is 586. The van der Waals surface area contributed by atoms with E-state index in [1.54, 1.807) is 12.1 Å². The molecule has 0 unspecified atom stereocenters. The van der Waals surface area contributed by atoms with E-state index in [4.69, 9.17) is 10.6 Å². The summed E-state index contributed by atoms with van der Waals surface area (Å²) in [6.45, 7) is 0.244. The van der Waals surface area contributed by atoms with Gasteiger partial charge in [-0.15, -0.1) is 0 Å². The second kappa shape index (κ2) is 6.01. The van der Waals surface area contributed by atoms with Crippen LogP contribution in [0.4, 0.5) is 5.82 Å². The predicted molar refractivity (Wildman–Crippen MR) is 71.7 cm³/mol. The molecule has 0 spiro atoms. The van der Waals surface area contributed by atoms with E-state index >= 15 is 0 Å². The number of pyridine rings is 1. The van der Waals surface area contributed by atoms with Gasteiger partial charge < -0.3 is 14.9 Å². The predicted octanol–water partition coefficient (Wildman–Crippen LogP) is 1.46. The van der Waals surface area contributed by atoms with Crippen LogP contribution in [0.3, 0.4) is 0 Å². The molecule has 0 saturated carbocycles. The van der Waals surface area contributed by atoms with E-state index in [2.05, 4.69) is 15.1 Å². The van der Waals surface area contributed by atoms with Crippen molar-refractivity contribution in [2.75, 3.05) is 19.1 Å². The fraction of sp³-hybridized carbons (Fsp3) is 0.231. The van der Waals surface area contributed by atoms with Crippen molar-refractivity contribution in [2.45, 2.75) is 6.42 Å². The summed E-state index contributed by atoms with van der Waals surface area (Å²) in [6, 6.07) is 9.26. The standard InChI is InChI=1S/C13H15N3O3/c1-18-12(17)7-8-19-10-4-2-3-9-5-6-11(16-14)15-13(9)10/h2-6H,7-8,14H2,1H3,(H,15,16). The smallest absolute Gasteiger partial charge is 0.308 e. The largest absolute Gasteiger partial charge is 0.491 e. The lowest BCUT2D eigenvalue weighted by molar-refractivity contribution is -0.141. The fourth-order valence-corrected chi connectivity index (χ4v) is 1.66. The summed E-state index contributed by atoms with van der Waals surface area (Å²) in [7, 11) is 1.35. The van der Waals surface area contributed by atoms with E-state index in [1.165, 1.54) is 7.11 Å². The molecular formula is C13H15N3O3. The first-order chi connectivity index (χ1) is 9.24. The van der Waals surface area contributed by atoms with Crippen LogP contribution in [0, 0.1) is 0 Å². The molecule has 6 heteroatoms. The number of esters is 1. The summed E-state index contributed by atoms with van der Waals surface area (Å²) < 4.78 is 10.1. The number of anilines is 1. The summed E-state index contributed by atoms with van der Waals surface area (Å²) in [4.78, 5) is 15.4. The van der Waals surface area contributed by atoms with Crippen LogP contribution in [0.15, 0.2) is 30.3 Å². The van der Waals surface area contributed by atoms with E-state index in [0.717, 1.165) is 5.39 Å². The number of hydrazine groups is 1. The van der Waals surface area contributed by atoms with Gasteiger partial charge in [0, 0.05) is 5.39 Å². The zero-order chi connectivity index (χ0) is 13.7. The lowest BCUT2D eigenvalue weighted by Crippen LogP contribution is -2.09. The molecular weight excluding hydrogens is 246 g/mol. The summed E-state index contributed by atoms with van der Waals surface area (Å²) >= 11 is 0. The number of aromatic nitrogens is 1. The molecule has 100 valence electrons. The number of nitrogens with zero attached hydrogens (tertiary/aromatic N) is 1. The Balaban J connectivity index is 2.19. The minimum absolute atomic E-state index is 0.196. The number of rotatable bonds is 5. The Kier molecular flexibility index (Phi) is 4.15. The molecule has 0 aliphatic carbocycles. The van der Waals surface area contributed by atoms with Gasteiger partial charge in [0.1, 0.15) is 17.1 Å². The van der Waals surface area contributed by atoms with Crippen molar-refractivity contribution in [3.8, 4) is 5.75 Å². The number of methoxy groups -OCH3 is 1. The molecule has 2 aromatic rings. The highest BCUT2D eigenvalue weighted by Crippen LogP contribution is 2.25. The van der Waals surface area contributed by atoms with Gasteiger partial charge in [-0.1, -0.05) is 12.1 Å². The molecule has 0 aliphatic rings. The van der Waals surface area contributed by atoms with Gasteiger partial charge in [0.25, 0.3) is 0 Å².